The number of benzene rings is 2. The van der Waals surface area contributed by atoms with Gasteiger partial charge in [-0.25, -0.2) is 8.78 Å². The summed E-state index contributed by atoms with van der Waals surface area (Å²) in [5, 5.41) is 2.90. The molecule has 1 amide bonds. The standard InChI is InChI=1S/C15H14F2N2O/c1-9(10-5-3-2-4-6-10)19-14-7-11(15(18)20)12(16)8-13(14)17/h2-9,19H,1H3,(H2,18,20). The van der Waals surface area contributed by atoms with E-state index in [-0.39, 0.29) is 17.3 Å². The number of amides is 1. The Morgan fingerprint density at radius 1 is 1.15 bits per heavy atom. The van der Waals surface area contributed by atoms with E-state index in [1.165, 1.54) is 0 Å². The summed E-state index contributed by atoms with van der Waals surface area (Å²) in [6, 6.07) is 10.9. The fourth-order valence-electron chi connectivity index (χ4n) is 1.91. The third kappa shape index (κ3) is 2.93. The molecule has 3 nitrogen and oxygen atoms in total. The lowest BCUT2D eigenvalue weighted by atomic mass is 10.1. The van der Waals surface area contributed by atoms with Crippen LogP contribution in [0.2, 0.25) is 0 Å². The van der Waals surface area contributed by atoms with Gasteiger partial charge in [-0.05, 0) is 18.6 Å². The molecule has 5 heteroatoms. The van der Waals surface area contributed by atoms with E-state index in [0.717, 1.165) is 11.6 Å². The summed E-state index contributed by atoms with van der Waals surface area (Å²) in [7, 11) is 0. The summed E-state index contributed by atoms with van der Waals surface area (Å²) in [4.78, 5) is 11.1. The minimum absolute atomic E-state index is 0.0385. The highest BCUT2D eigenvalue weighted by Gasteiger charge is 2.15. The highest BCUT2D eigenvalue weighted by Crippen LogP contribution is 2.24. The van der Waals surface area contributed by atoms with E-state index in [1.54, 1.807) is 0 Å². The van der Waals surface area contributed by atoms with Gasteiger partial charge in [0, 0.05) is 12.1 Å². The Hall–Kier alpha value is -2.43. The molecule has 2 rings (SSSR count). The van der Waals surface area contributed by atoms with Crippen LogP contribution >= 0.6 is 0 Å². The smallest absolute Gasteiger partial charge is 0.251 e. The van der Waals surface area contributed by atoms with Gasteiger partial charge in [0.15, 0.2) is 0 Å². The SMILES string of the molecule is CC(Nc1cc(C(N)=O)c(F)cc1F)c1ccccc1. The van der Waals surface area contributed by atoms with Crippen molar-refractivity contribution < 1.29 is 13.6 Å². The van der Waals surface area contributed by atoms with Crippen LogP contribution in [0.25, 0.3) is 0 Å². The maximum absolute atomic E-state index is 13.7. The first kappa shape index (κ1) is 14.0. The molecule has 0 aliphatic carbocycles. The molecule has 0 radical (unpaired) electrons. The van der Waals surface area contributed by atoms with E-state index < -0.39 is 17.5 Å². The first-order valence-corrected chi connectivity index (χ1v) is 6.09. The summed E-state index contributed by atoms with van der Waals surface area (Å²) in [6.07, 6.45) is 0. The lowest BCUT2D eigenvalue weighted by molar-refractivity contribution is 0.0996. The van der Waals surface area contributed by atoms with Crippen LogP contribution in [0.1, 0.15) is 28.9 Å². The van der Waals surface area contributed by atoms with E-state index in [4.69, 9.17) is 5.73 Å². The molecule has 104 valence electrons. The van der Waals surface area contributed by atoms with E-state index in [2.05, 4.69) is 5.32 Å². The fourth-order valence-corrected chi connectivity index (χ4v) is 1.91. The van der Waals surface area contributed by atoms with Gasteiger partial charge in [-0.3, -0.25) is 4.79 Å². The first-order valence-electron chi connectivity index (χ1n) is 6.09. The molecule has 0 heterocycles. The van der Waals surface area contributed by atoms with Gasteiger partial charge in [-0.2, -0.15) is 0 Å². The van der Waals surface area contributed by atoms with E-state index in [9.17, 15) is 13.6 Å². The number of rotatable bonds is 4. The van der Waals surface area contributed by atoms with Crippen molar-refractivity contribution in [1.29, 1.82) is 0 Å². The zero-order valence-electron chi connectivity index (χ0n) is 10.9. The van der Waals surface area contributed by atoms with Crippen LogP contribution in [0.4, 0.5) is 14.5 Å². The van der Waals surface area contributed by atoms with E-state index in [1.807, 2.05) is 37.3 Å². The number of nitrogens with one attached hydrogen (secondary N) is 1. The van der Waals surface area contributed by atoms with Crippen LogP contribution in [-0.2, 0) is 0 Å². The van der Waals surface area contributed by atoms with Gasteiger partial charge in [0.25, 0.3) is 5.91 Å². The molecule has 0 saturated carbocycles. The molecule has 0 saturated heterocycles. The largest absolute Gasteiger partial charge is 0.376 e. The molecule has 1 unspecified atom stereocenters. The Balaban J connectivity index is 2.29. The summed E-state index contributed by atoms with van der Waals surface area (Å²) in [5.41, 5.74) is 5.69. The minimum Gasteiger partial charge on any atom is -0.376 e. The Morgan fingerprint density at radius 2 is 1.80 bits per heavy atom. The molecule has 0 fully saturated rings. The van der Waals surface area contributed by atoms with Gasteiger partial charge in [0.05, 0.1) is 11.3 Å². The summed E-state index contributed by atoms with van der Waals surface area (Å²) >= 11 is 0. The molecule has 0 aliphatic rings. The second-order valence-corrected chi connectivity index (χ2v) is 4.45. The number of anilines is 1. The molecule has 0 spiro atoms. The molecule has 3 N–H and O–H groups in total. The molecule has 1 atom stereocenters. The monoisotopic (exact) mass is 276 g/mol. The number of primary amides is 1. The molecule has 2 aromatic rings. The van der Waals surface area contributed by atoms with Crippen LogP contribution in [0.3, 0.4) is 0 Å². The third-order valence-electron chi connectivity index (χ3n) is 2.99. The highest BCUT2D eigenvalue weighted by molar-refractivity contribution is 5.94. The van der Waals surface area contributed by atoms with Gasteiger partial charge in [0.2, 0.25) is 0 Å². The predicted octanol–water partition coefficient (Wildman–Crippen LogP) is 3.24. The van der Waals surface area contributed by atoms with Crippen molar-refractivity contribution in [3.8, 4) is 0 Å². The van der Waals surface area contributed by atoms with Crippen LogP contribution in [0, 0.1) is 11.6 Å². The maximum Gasteiger partial charge on any atom is 0.251 e. The Bertz CT molecular complexity index is 629. The van der Waals surface area contributed by atoms with Crippen LogP contribution < -0.4 is 11.1 Å². The van der Waals surface area contributed by atoms with Gasteiger partial charge in [-0.1, -0.05) is 30.3 Å². The molecule has 20 heavy (non-hydrogen) atoms. The van der Waals surface area contributed by atoms with Crippen molar-refractivity contribution in [3.05, 3.63) is 65.2 Å². The zero-order valence-corrected chi connectivity index (χ0v) is 10.9. The van der Waals surface area contributed by atoms with Gasteiger partial charge in [-0.15, -0.1) is 0 Å². The summed E-state index contributed by atoms with van der Waals surface area (Å²) in [6.45, 7) is 1.84. The number of nitrogens with two attached hydrogens (primary N) is 1. The average Bonchev–Trinajstić information content (AvgIpc) is 2.42. The minimum atomic E-state index is -0.965. The molecular formula is C15H14F2N2O. The summed E-state index contributed by atoms with van der Waals surface area (Å²) in [5.74, 6) is -2.67. The first-order chi connectivity index (χ1) is 9.49. The maximum atomic E-state index is 13.7. The van der Waals surface area contributed by atoms with Crippen LogP contribution in [0.5, 0.6) is 0 Å². The van der Waals surface area contributed by atoms with E-state index >= 15 is 0 Å². The van der Waals surface area contributed by atoms with Crippen molar-refractivity contribution >= 4 is 11.6 Å². The molecule has 0 aliphatic heterocycles. The highest BCUT2D eigenvalue weighted by atomic mass is 19.1. The topological polar surface area (TPSA) is 55.1 Å². The van der Waals surface area contributed by atoms with Crippen molar-refractivity contribution in [3.63, 3.8) is 0 Å². The Kier molecular flexibility index (Phi) is 3.98. The van der Waals surface area contributed by atoms with Crippen molar-refractivity contribution in [2.45, 2.75) is 13.0 Å². The zero-order chi connectivity index (χ0) is 14.7. The van der Waals surface area contributed by atoms with Crippen molar-refractivity contribution in [1.82, 2.24) is 0 Å². The molecule has 0 bridgehead atoms. The Labute approximate surface area is 115 Å². The molecule has 2 aromatic carbocycles. The van der Waals surface area contributed by atoms with Crippen LogP contribution in [-0.4, -0.2) is 5.91 Å². The summed E-state index contributed by atoms with van der Waals surface area (Å²) < 4.78 is 27.1. The fraction of sp³-hybridized carbons (Fsp3) is 0.133. The molecular weight excluding hydrogens is 262 g/mol. The average molecular weight is 276 g/mol. The van der Waals surface area contributed by atoms with Crippen molar-refractivity contribution in [2.24, 2.45) is 5.73 Å². The lowest BCUT2D eigenvalue weighted by Gasteiger charge is -2.17. The van der Waals surface area contributed by atoms with Gasteiger partial charge < -0.3 is 11.1 Å². The number of carbonyl (C=O) groups excluding carboxylic acids is 1. The lowest BCUT2D eigenvalue weighted by Crippen LogP contribution is -2.15. The third-order valence-corrected chi connectivity index (χ3v) is 2.99. The number of halogens is 2. The normalized spacial score (nSPS) is 11.9. The Morgan fingerprint density at radius 3 is 2.40 bits per heavy atom. The second kappa shape index (κ2) is 5.69. The van der Waals surface area contributed by atoms with Crippen molar-refractivity contribution in [2.75, 3.05) is 5.32 Å². The number of carbonyl (C=O) groups is 1. The predicted molar refractivity (Wildman–Crippen MR) is 73.4 cm³/mol. The van der Waals surface area contributed by atoms with Gasteiger partial charge in [0.1, 0.15) is 11.6 Å². The second-order valence-electron chi connectivity index (χ2n) is 4.45. The van der Waals surface area contributed by atoms with Gasteiger partial charge >= 0.3 is 0 Å². The van der Waals surface area contributed by atoms with Crippen LogP contribution in [0.15, 0.2) is 42.5 Å². The quantitative estimate of drug-likeness (QED) is 0.900. The molecule has 0 aromatic heterocycles. The number of hydrogen-bond acceptors (Lipinski definition) is 2. The number of hydrogen-bond donors (Lipinski definition) is 2. The van der Waals surface area contributed by atoms with E-state index in [0.29, 0.717) is 6.07 Å².